The summed E-state index contributed by atoms with van der Waals surface area (Å²) < 4.78 is 15.2. The first kappa shape index (κ1) is 18.1. The Kier molecular flexibility index (Phi) is 4.76. The number of amides is 2. The van der Waals surface area contributed by atoms with Crippen LogP contribution in [0.1, 0.15) is 11.1 Å². The van der Waals surface area contributed by atoms with Gasteiger partial charge in [0.15, 0.2) is 0 Å². The maximum atomic E-state index is 13.2. The molecule has 0 atom stereocenters. The van der Waals surface area contributed by atoms with Crippen LogP contribution in [-0.2, 0) is 11.3 Å². The Morgan fingerprint density at radius 3 is 2.61 bits per heavy atom. The van der Waals surface area contributed by atoms with E-state index in [1.165, 1.54) is 12.1 Å². The van der Waals surface area contributed by atoms with Gasteiger partial charge in [-0.3, -0.25) is 14.5 Å². The molecule has 1 fully saturated rings. The topological polar surface area (TPSA) is 42.3 Å². The lowest BCUT2D eigenvalue weighted by Crippen LogP contribution is -2.28. The highest BCUT2D eigenvalue weighted by Crippen LogP contribution is 2.34. The summed E-state index contributed by atoms with van der Waals surface area (Å²) in [6.45, 7) is 0.529. The molecule has 0 N–H and O–H groups in total. The van der Waals surface area contributed by atoms with E-state index >= 15 is 0 Å². The Morgan fingerprint density at radius 2 is 1.86 bits per heavy atom. The van der Waals surface area contributed by atoms with Crippen molar-refractivity contribution >= 4 is 39.9 Å². The molecule has 0 unspecified atom stereocenters. The van der Waals surface area contributed by atoms with Crippen molar-refractivity contribution in [1.29, 1.82) is 0 Å². The molecular weight excluding hydrogens is 375 g/mol. The molecule has 1 aliphatic rings. The summed E-state index contributed by atoms with van der Waals surface area (Å²) in [6, 6.07) is 14.2. The number of fused-ring (bicyclic) bond motifs is 1. The lowest BCUT2D eigenvalue weighted by Gasteiger charge is -2.06. The number of imide groups is 1. The van der Waals surface area contributed by atoms with Crippen LogP contribution in [0.5, 0.6) is 0 Å². The molecular formula is C22H15FN2O2S. The second-order valence-corrected chi connectivity index (χ2v) is 7.32. The molecule has 0 radical (unpaired) electrons. The number of carbonyl (C=O) groups is 2. The Balaban J connectivity index is 1.73. The molecule has 4 nitrogen and oxygen atoms in total. The molecule has 6 heteroatoms. The minimum Gasteiger partial charge on any atom is -0.342 e. The minimum atomic E-state index is -0.372. The monoisotopic (exact) mass is 390 g/mol. The predicted octanol–water partition coefficient (Wildman–Crippen LogP) is 4.50. The van der Waals surface area contributed by atoms with Gasteiger partial charge in [-0.25, -0.2) is 4.39 Å². The normalized spacial score (nSPS) is 15.6. The molecule has 1 aromatic heterocycles. The van der Waals surface area contributed by atoms with Crippen molar-refractivity contribution in [1.82, 2.24) is 9.47 Å². The van der Waals surface area contributed by atoms with E-state index in [0.29, 0.717) is 11.4 Å². The average molecular weight is 390 g/mol. The fourth-order valence-electron chi connectivity index (χ4n) is 3.18. The van der Waals surface area contributed by atoms with Crippen molar-refractivity contribution in [2.75, 3.05) is 6.54 Å². The smallest absolute Gasteiger partial charge is 0.294 e. The molecule has 0 aliphatic carbocycles. The molecule has 4 rings (SSSR count). The van der Waals surface area contributed by atoms with E-state index in [0.717, 1.165) is 38.7 Å². The van der Waals surface area contributed by atoms with E-state index in [1.807, 2.05) is 35.0 Å². The van der Waals surface area contributed by atoms with Gasteiger partial charge in [0.2, 0.25) is 0 Å². The predicted molar refractivity (Wildman–Crippen MR) is 109 cm³/mol. The van der Waals surface area contributed by atoms with Crippen LogP contribution in [0.4, 0.5) is 9.18 Å². The SMILES string of the molecule is C#CCN1C(=O)SC(=Cc2cn(Cc3ccc(F)cc3)c3ccccc23)C1=O. The van der Waals surface area contributed by atoms with Gasteiger partial charge < -0.3 is 4.57 Å². The van der Waals surface area contributed by atoms with Crippen molar-refractivity contribution in [3.8, 4) is 12.3 Å². The van der Waals surface area contributed by atoms with Crippen LogP contribution < -0.4 is 0 Å². The lowest BCUT2D eigenvalue weighted by atomic mass is 10.1. The van der Waals surface area contributed by atoms with Gasteiger partial charge in [0.05, 0.1) is 11.4 Å². The zero-order valence-corrected chi connectivity index (χ0v) is 15.6. The number of hydrogen-bond donors (Lipinski definition) is 0. The van der Waals surface area contributed by atoms with Gasteiger partial charge in [-0.1, -0.05) is 36.3 Å². The summed E-state index contributed by atoms with van der Waals surface area (Å²) >= 11 is 0.892. The highest BCUT2D eigenvalue weighted by molar-refractivity contribution is 8.18. The Labute approximate surface area is 165 Å². The van der Waals surface area contributed by atoms with Crippen LogP contribution in [0.3, 0.4) is 0 Å². The first-order chi connectivity index (χ1) is 13.6. The highest BCUT2D eigenvalue weighted by atomic mass is 32.2. The van der Waals surface area contributed by atoms with Crippen LogP contribution in [-0.4, -0.2) is 27.2 Å². The van der Waals surface area contributed by atoms with Gasteiger partial charge in [-0.2, -0.15) is 0 Å². The third kappa shape index (κ3) is 3.32. The Bertz CT molecular complexity index is 1160. The molecule has 138 valence electrons. The maximum absolute atomic E-state index is 13.2. The summed E-state index contributed by atoms with van der Waals surface area (Å²) in [5, 5.41) is 0.609. The minimum absolute atomic E-state index is 0.0334. The lowest BCUT2D eigenvalue weighted by molar-refractivity contribution is -0.122. The number of halogens is 1. The molecule has 1 saturated heterocycles. The average Bonchev–Trinajstić information content (AvgIpc) is 3.17. The third-order valence-electron chi connectivity index (χ3n) is 4.50. The van der Waals surface area contributed by atoms with Crippen molar-refractivity contribution in [3.05, 3.63) is 76.6 Å². The van der Waals surface area contributed by atoms with Gasteiger partial charge in [0.1, 0.15) is 5.82 Å². The fraction of sp³-hybridized carbons (Fsp3) is 0.0909. The summed E-state index contributed by atoms with van der Waals surface area (Å²) in [5.41, 5.74) is 2.79. The summed E-state index contributed by atoms with van der Waals surface area (Å²) in [5.74, 6) is 1.69. The quantitative estimate of drug-likeness (QED) is 0.487. The van der Waals surface area contributed by atoms with E-state index < -0.39 is 0 Å². The van der Waals surface area contributed by atoms with Gasteiger partial charge in [-0.05, 0) is 41.6 Å². The van der Waals surface area contributed by atoms with Crippen molar-refractivity contribution in [2.45, 2.75) is 6.54 Å². The Hall–Kier alpha value is -3.30. The first-order valence-electron chi connectivity index (χ1n) is 8.58. The maximum Gasteiger partial charge on any atom is 0.294 e. The number of benzene rings is 2. The number of rotatable bonds is 4. The van der Waals surface area contributed by atoms with E-state index in [1.54, 1.807) is 18.2 Å². The molecule has 1 aliphatic heterocycles. The molecule has 2 heterocycles. The van der Waals surface area contributed by atoms with E-state index in [4.69, 9.17) is 6.42 Å². The van der Waals surface area contributed by atoms with Crippen LogP contribution in [0.15, 0.2) is 59.6 Å². The number of terminal acetylenes is 1. The number of thioether (sulfide) groups is 1. The zero-order chi connectivity index (χ0) is 19.7. The largest absolute Gasteiger partial charge is 0.342 e. The van der Waals surface area contributed by atoms with Gasteiger partial charge in [0, 0.05) is 29.2 Å². The number of carbonyl (C=O) groups excluding carboxylic acids is 2. The summed E-state index contributed by atoms with van der Waals surface area (Å²) in [7, 11) is 0. The highest BCUT2D eigenvalue weighted by Gasteiger charge is 2.34. The van der Waals surface area contributed by atoms with Crippen molar-refractivity contribution < 1.29 is 14.0 Å². The molecule has 2 aromatic carbocycles. The molecule has 3 aromatic rings. The zero-order valence-electron chi connectivity index (χ0n) is 14.8. The standard InChI is InChI=1S/C22H15FN2O2S/c1-2-11-25-21(26)20(28-22(25)27)12-16-14-24(19-6-4-3-5-18(16)19)13-15-7-9-17(23)10-8-15/h1,3-10,12,14H,11,13H2. The number of hydrogen-bond acceptors (Lipinski definition) is 3. The molecule has 2 amide bonds. The van der Waals surface area contributed by atoms with Crippen LogP contribution >= 0.6 is 11.8 Å². The number of para-hydroxylation sites is 1. The number of aromatic nitrogens is 1. The molecule has 0 spiro atoms. The van der Waals surface area contributed by atoms with Gasteiger partial charge in [-0.15, -0.1) is 6.42 Å². The second-order valence-electron chi connectivity index (χ2n) is 6.33. The van der Waals surface area contributed by atoms with Crippen LogP contribution in [0.2, 0.25) is 0 Å². The van der Waals surface area contributed by atoms with Gasteiger partial charge in [0.25, 0.3) is 11.1 Å². The van der Waals surface area contributed by atoms with Gasteiger partial charge >= 0.3 is 0 Å². The number of nitrogens with zero attached hydrogens (tertiary/aromatic N) is 2. The molecule has 0 saturated carbocycles. The fourth-order valence-corrected chi connectivity index (χ4v) is 4.01. The van der Waals surface area contributed by atoms with E-state index in [-0.39, 0.29) is 23.5 Å². The van der Waals surface area contributed by atoms with Crippen LogP contribution in [0.25, 0.3) is 17.0 Å². The summed E-state index contributed by atoms with van der Waals surface area (Å²) in [6.07, 6.45) is 8.90. The second kappa shape index (κ2) is 7.37. The van der Waals surface area contributed by atoms with Crippen molar-refractivity contribution in [3.63, 3.8) is 0 Å². The molecule has 28 heavy (non-hydrogen) atoms. The van der Waals surface area contributed by atoms with E-state index in [9.17, 15) is 14.0 Å². The first-order valence-corrected chi connectivity index (χ1v) is 9.39. The third-order valence-corrected chi connectivity index (χ3v) is 5.40. The molecule has 0 bridgehead atoms. The Morgan fingerprint density at radius 1 is 1.11 bits per heavy atom. The van der Waals surface area contributed by atoms with Crippen LogP contribution in [0, 0.1) is 18.2 Å². The summed E-state index contributed by atoms with van der Waals surface area (Å²) in [4.78, 5) is 25.9. The van der Waals surface area contributed by atoms with Crippen molar-refractivity contribution in [2.24, 2.45) is 0 Å². The van der Waals surface area contributed by atoms with E-state index in [2.05, 4.69) is 5.92 Å².